The molecule has 2 aliphatic rings. The number of anilines is 1. The highest BCUT2D eigenvalue weighted by molar-refractivity contribution is 9.10. The number of rotatable bonds is 4. The first kappa shape index (κ1) is 20.4. The van der Waals surface area contributed by atoms with Gasteiger partial charge < -0.3 is 10.1 Å². The molecule has 0 spiro atoms. The second-order valence-electron chi connectivity index (χ2n) is 7.39. The molecule has 2 aliphatic heterocycles. The number of carbonyl (C=O) groups is 2. The van der Waals surface area contributed by atoms with Gasteiger partial charge in [0.15, 0.2) is 5.69 Å². The Morgan fingerprint density at radius 3 is 2.93 bits per heavy atom. The molecule has 154 valence electrons. The number of aromatic nitrogens is 2. The van der Waals surface area contributed by atoms with Crippen LogP contribution in [0.25, 0.3) is 0 Å². The summed E-state index contributed by atoms with van der Waals surface area (Å²) in [5, 5.41) is 7.81. The van der Waals surface area contributed by atoms with E-state index in [2.05, 4.69) is 31.2 Å². The van der Waals surface area contributed by atoms with E-state index < -0.39 is 0 Å². The first-order valence-electron chi connectivity index (χ1n) is 9.63. The van der Waals surface area contributed by atoms with Crippen molar-refractivity contribution < 1.29 is 14.3 Å². The minimum absolute atomic E-state index is 0.0836. The maximum Gasteiger partial charge on any atom is 0.310 e. The number of esters is 1. The molecule has 0 unspecified atom stereocenters. The van der Waals surface area contributed by atoms with Crippen LogP contribution in [0.1, 0.15) is 41.5 Å². The lowest BCUT2D eigenvalue weighted by Gasteiger charge is -2.31. The molecule has 0 saturated carbocycles. The molecule has 1 N–H and O–H groups in total. The Morgan fingerprint density at radius 2 is 2.14 bits per heavy atom. The van der Waals surface area contributed by atoms with Crippen molar-refractivity contribution in [1.29, 1.82) is 0 Å². The molecule has 1 aromatic carbocycles. The molecule has 9 heteroatoms. The van der Waals surface area contributed by atoms with Crippen molar-refractivity contribution in [3.63, 3.8) is 0 Å². The Bertz CT molecular complexity index is 948. The molecule has 3 heterocycles. The molecule has 29 heavy (non-hydrogen) atoms. The number of benzene rings is 1. The summed E-state index contributed by atoms with van der Waals surface area (Å²) in [7, 11) is 1.43. The lowest BCUT2D eigenvalue weighted by atomic mass is 10.0. The Balaban J connectivity index is 1.52. The van der Waals surface area contributed by atoms with Gasteiger partial charge in [-0.2, -0.15) is 5.10 Å². The van der Waals surface area contributed by atoms with E-state index in [0.29, 0.717) is 22.9 Å². The quantitative estimate of drug-likeness (QED) is 0.671. The minimum Gasteiger partial charge on any atom is -0.469 e. The third kappa shape index (κ3) is 4.06. The number of methoxy groups -OCH3 is 1. The van der Waals surface area contributed by atoms with E-state index in [1.165, 1.54) is 7.11 Å². The van der Waals surface area contributed by atoms with Gasteiger partial charge in [0.05, 0.1) is 35.5 Å². The van der Waals surface area contributed by atoms with Crippen LogP contribution in [0.4, 0.5) is 5.69 Å². The number of hydrogen-bond acceptors (Lipinski definition) is 5. The van der Waals surface area contributed by atoms with E-state index in [-0.39, 0.29) is 23.8 Å². The number of carbonyl (C=O) groups excluding carboxylic acids is 2. The Hall–Kier alpha value is -1.90. The van der Waals surface area contributed by atoms with Crippen molar-refractivity contribution in [2.24, 2.45) is 5.92 Å². The Kier molecular flexibility index (Phi) is 5.94. The summed E-state index contributed by atoms with van der Waals surface area (Å²) in [5.74, 6) is -0.526. The number of hydrogen-bond donors (Lipinski definition) is 1. The van der Waals surface area contributed by atoms with Crippen molar-refractivity contribution in [2.45, 2.75) is 31.8 Å². The molecule has 1 fully saturated rings. The van der Waals surface area contributed by atoms with Gasteiger partial charge in [-0.05, 0) is 59.9 Å². The molecule has 0 aliphatic carbocycles. The standard InChI is InChI=1S/C20H22BrClN4O3/c1-29-20(28)12-7-9-25(11-12)16-6-3-8-26-17(16)10-15(24-26)19(27)23-14-5-2-4-13(21)18(14)22/h2,4-5,10,12,16H,3,6-9,11H2,1H3,(H,23,27)/t12-,16+/m1/s1. The number of likely N-dealkylation sites (tertiary alicyclic amines) is 1. The van der Waals surface area contributed by atoms with Gasteiger partial charge in [-0.1, -0.05) is 17.7 Å². The van der Waals surface area contributed by atoms with Crippen molar-refractivity contribution in [2.75, 3.05) is 25.5 Å². The second kappa shape index (κ2) is 8.45. The molecule has 1 aromatic heterocycles. The number of nitrogens with one attached hydrogen (secondary N) is 1. The van der Waals surface area contributed by atoms with Gasteiger partial charge in [0, 0.05) is 17.6 Å². The average Bonchev–Trinajstić information content (AvgIpc) is 3.38. The van der Waals surface area contributed by atoms with E-state index in [4.69, 9.17) is 16.3 Å². The highest BCUT2D eigenvalue weighted by Crippen LogP contribution is 2.35. The van der Waals surface area contributed by atoms with Crippen LogP contribution in [-0.4, -0.2) is 46.8 Å². The topological polar surface area (TPSA) is 76.5 Å². The number of aryl methyl sites for hydroxylation is 1. The highest BCUT2D eigenvalue weighted by Gasteiger charge is 2.36. The predicted molar refractivity (Wildman–Crippen MR) is 113 cm³/mol. The lowest BCUT2D eigenvalue weighted by molar-refractivity contribution is -0.145. The summed E-state index contributed by atoms with van der Waals surface area (Å²) in [5.41, 5.74) is 1.92. The van der Waals surface area contributed by atoms with Crippen molar-refractivity contribution in [1.82, 2.24) is 14.7 Å². The largest absolute Gasteiger partial charge is 0.469 e. The minimum atomic E-state index is -0.292. The number of amides is 1. The fourth-order valence-corrected chi connectivity index (χ4v) is 4.70. The summed E-state index contributed by atoms with van der Waals surface area (Å²) < 4.78 is 7.53. The van der Waals surface area contributed by atoms with E-state index in [0.717, 1.165) is 42.5 Å². The zero-order valence-corrected chi connectivity index (χ0v) is 18.4. The number of fused-ring (bicyclic) bond motifs is 1. The van der Waals surface area contributed by atoms with Crippen LogP contribution in [-0.2, 0) is 16.1 Å². The molecular weight excluding hydrogens is 460 g/mol. The van der Waals surface area contributed by atoms with Crippen molar-refractivity contribution >= 4 is 45.1 Å². The number of halogens is 2. The van der Waals surface area contributed by atoms with E-state index >= 15 is 0 Å². The predicted octanol–water partition coefficient (Wildman–Crippen LogP) is 3.88. The van der Waals surface area contributed by atoms with Crippen LogP contribution in [0.15, 0.2) is 28.7 Å². The van der Waals surface area contributed by atoms with Gasteiger partial charge in [0.1, 0.15) is 0 Å². The van der Waals surface area contributed by atoms with Crippen LogP contribution < -0.4 is 5.32 Å². The number of ether oxygens (including phenoxy) is 1. The average molecular weight is 482 g/mol. The lowest BCUT2D eigenvalue weighted by Crippen LogP contribution is -2.32. The highest BCUT2D eigenvalue weighted by atomic mass is 79.9. The van der Waals surface area contributed by atoms with Crippen molar-refractivity contribution in [3.8, 4) is 0 Å². The van der Waals surface area contributed by atoms with Crippen LogP contribution in [0.2, 0.25) is 5.02 Å². The molecule has 2 atom stereocenters. The summed E-state index contributed by atoms with van der Waals surface area (Å²) in [6, 6.07) is 7.39. The zero-order chi connectivity index (χ0) is 20.5. The van der Waals surface area contributed by atoms with E-state index in [1.54, 1.807) is 6.07 Å². The van der Waals surface area contributed by atoms with Crippen LogP contribution in [0.5, 0.6) is 0 Å². The monoisotopic (exact) mass is 480 g/mol. The molecule has 4 rings (SSSR count). The molecule has 2 aromatic rings. The zero-order valence-electron chi connectivity index (χ0n) is 16.0. The van der Waals surface area contributed by atoms with Crippen LogP contribution >= 0.6 is 27.5 Å². The van der Waals surface area contributed by atoms with Gasteiger partial charge in [0.25, 0.3) is 5.91 Å². The molecule has 1 amide bonds. The van der Waals surface area contributed by atoms with Crippen LogP contribution in [0, 0.1) is 5.92 Å². The fourth-order valence-electron chi connectivity index (χ4n) is 4.16. The van der Waals surface area contributed by atoms with Gasteiger partial charge in [0.2, 0.25) is 0 Å². The van der Waals surface area contributed by atoms with Crippen LogP contribution in [0.3, 0.4) is 0 Å². The summed E-state index contributed by atoms with van der Waals surface area (Å²) in [6.07, 6.45) is 2.77. The Morgan fingerprint density at radius 1 is 1.31 bits per heavy atom. The van der Waals surface area contributed by atoms with Gasteiger partial charge in [-0.15, -0.1) is 0 Å². The number of nitrogens with zero attached hydrogens (tertiary/aromatic N) is 3. The first-order valence-corrected chi connectivity index (χ1v) is 10.8. The SMILES string of the molecule is COC(=O)[C@@H]1CCN([C@H]2CCCn3nc(C(=O)Nc4cccc(Br)c4Cl)cc32)C1. The third-order valence-corrected chi connectivity index (χ3v) is 6.92. The van der Waals surface area contributed by atoms with Gasteiger partial charge in [-0.25, -0.2) is 0 Å². The molecule has 0 bridgehead atoms. The van der Waals surface area contributed by atoms with Gasteiger partial charge in [-0.3, -0.25) is 19.2 Å². The van der Waals surface area contributed by atoms with E-state index in [9.17, 15) is 9.59 Å². The fraction of sp³-hybridized carbons (Fsp3) is 0.450. The normalized spacial score (nSPS) is 21.6. The molecule has 7 nitrogen and oxygen atoms in total. The summed E-state index contributed by atoms with van der Waals surface area (Å²) >= 11 is 9.62. The summed E-state index contributed by atoms with van der Waals surface area (Å²) in [6.45, 7) is 2.30. The van der Waals surface area contributed by atoms with E-state index in [1.807, 2.05) is 22.9 Å². The maximum absolute atomic E-state index is 12.8. The maximum atomic E-state index is 12.8. The summed E-state index contributed by atoms with van der Waals surface area (Å²) in [4.78, 5) is 26.9. The van der Waals surface area contributed by atoms with Crippen molar-refractivity contribution in [3.05, 3.63) is 45.1 Å². The third-order valence-electron chi connectivity index (χ3n) is 5.63. The second-order valence-corrected chi connectivity index (χ2v) is 8.63. The molecule has 0 radical (unpaired) electrons. The Labute approximate surface area is 182 Å². The smallest absolute Gasteiger partial charge is 0.310 e. The molecular formula is C20H22BrClN4O3. The first-order chi connectivity index (χ1) is 14.0. The molecule has 1 saturated heterocycles. The van der Waals surface area contributed by atoms with Gasteiger partial charge >= 0.3 is 5.97 Å².